The van der Waals surface area contributed by atoms with Gasteiger partial charge in [0, 0.05) is 38.2 Å². The third kappa shape index (κ3) is 3.83. The molecule has 5 heteroatoms. The number of aromatic nitrogens is 5. The van der Waals surface area contributed by atoms with E-state index in [1.54, 1.807) is 0 Å². The molecule has 0 spiro atoms. The van der Waals surface area contributed by atoms with Gasteiger partial charge in [0.15, 0.2) is 11.6 Å². The van der Waals surface area contributed by atoms with E-state index in [1.807, 2.05) is 36.4 Å². The zero-order chi connectivity index (χ0) is 29.0. The van der Waals surface area contributed by atoms with Crippen LogP contribution in [0.1, 0.15) is 0 Å². The van der Waals surface area contributed by atoms with Gasteiger partial charge in [0.1, 0.15) is 0 Å². The number of fused-ring (bicyclic) bond motifs is 7. The second-order valence-corrected chi connectivity index (χ2v) is 11.0. The molecular formula is C39H25N5. The van der Waals surface area contributed by atoms with E-state index < -0.39 is 0 Å². The van der Waals surface area contributed by atoms with Crippen LogP contribution >= 0.6 is 0 Å². The first-order valence-corrected chi connectivity index (χ1v) is 14.7. The van der Waals surface area contributed by atoms with Crippen molar-refractivity contribution in [2.75, 3.05) is 0 Å². The number of hydrogen-bond donors (Lipinski definition) is 1. The molecule has 0 bridgehead atoms. The van der Waals surface area contributed by atoms with Crippen LogP contribution < -0.4 is 0 Å². The van der Waals surface area contributed by atoms with Gasteiger partial charge in [-0.1, -0.05) is 133 Å². The molecule has 3 heterocycles. The Bertz CT molecular complexity index is 2470. The summed E-state index contributed by atoms with van der Waals surface area (Å²) < 4.78 is 2.19. The molecular weight excluding hydrogens is 538 g/mol. The Hall–Kier alpha value is -6.07. The topological polar surface area (TPSA) is 59.4 Å². The molecule has 0 fully saturated rings. The van der Waals surface area contributed by atoms with Gasteiger partial charge in [-0.3, -0.25) is 4.57 Å². The van der Waals surface area contributed by atoms with Crippen molar-refractivity contribution in [1.29, 1.82) is 0 Å². The Kier molecular flexibility index (Phi) is 5.43. The molecule has 9 rings (SSSR count). The Morgan fingerprint density at radius 3 is 1.70 bits per heavy atom. The summed E-state index contributed by atoms with van der Waals surface area (Å²) in [5.74, 6) is 1.84. The number of para-hydroxylation sites is 2. The van der Waals surface area contributed by atoms with Crippen molar-refractivity contribution in [3.05, 3.63) is 146 Å². The molecule has 0 amide bonds. The Labute approximate surface area is 253 Å². The van der Waals surface area contributed by atoms with E-state index in [-0.39, 0.29) is 0 Å². The molecule has 0 radical (unpaired) electrons. The minimum Gasteiger partial charge on any atom is -0.353 e. The lowest BCUT2D eigenvalue weighted by atomic mass is 10.0. The molecule has 1 N–H and O–H groups in total. The predicted octanol–water partition coefficient (Wildman–Crippen LogP) is 9.60. The predicted molar refractivity (Wildman–Crippen MR) is 180 cm³/mol. The molecule has 0 saturated carbocycles. The lowest BCUT2D eigenvalue weighted by Gasteiger charge is -2.11. The Morgan fingerprint density at radius 1 is 0.409 bits per heavy atom. The smallest absolute Gasteiger partial charge is 0.238 e. The molecule has 0 aliphatic rings. The maximum absolute atomic E-state index is 5.16. The molecule has 0 aliphatic carbocycles. The van der Waals surface area contributed by atoms with Gasteiger partial charge in [-0.05, 0) is 23.3 Å². The van der Waals surface area contributed by atoms with Gasteiger partial charge >= 0.3 is 0 Å². The number of nitrogens with one attached hydrogen (secondary N) is 1. The highest BCUT2D eigenvalue weighted by atomic mass is 15.2. The number of benzene rings is 6. The maximum Gasteiger partial charge on any atom is 0.238 e. The van der Waals surface area contributed by atoms with Crippen LogP contribution in [0.2, 0.25) is 0 Å². The van der Waals surface area contributed by atoms with E-state index in [0.29, 0.717) is 17.6 Å². The zero-order valence-electron chi connectivity index (χ0n) is 23.6. The number of aromatic amines is 1. The summed E-state index contributed by atoms with van der Waals surface area (Å²) in [6, 6.07) is 50.3. The van der Waals surface area contributed by atoms with Gasteiger partial charge in [0.05, 0.1) is 16.6 Å². The first-order valence-electron chi connectivity index (χ1n) is 14.7. The highest BCUT2D eigenvalue weighted by molar-refractivity contribution is 6.22. The largest absolute Gasteiger partial charge is 0.353 e. The average molecular weight is 564 g/mol. The van der Waals surface area contributed by atoms with Gasteiger partial charge in [0.25, 0.3) is 0 Å². The van der Waals surface area contributed by atoms with Crippen LogP contribution in [0, 0.1) is 0 Å². The summed E-state index contributed by atoms with van der Waals surface area (Å²) in [6.45, 7) is 0. The van der Waals surface area contributed by atoms with Crippen molar-refractivity contribution < 1.29 is 0 Å². The maximum atomic E-state index is 5.16. The van der Waals surface area contributed by atoms with Crippen LogP contribution in [0.5, 0.6) is 0 Å². The van der Waals surface area contributed by atoms with Crippen molar-refractivity contribution >= 4 is 43.6 Å². The first kappa shape index (κ1) is 24.5. The monoisotopic (exact) mass is 563 g/mol. The fourth-order valence-corrected chi connectivity index (χ4v) is 6.33. The summed E-state index contributed by atoms with van der Waals surface area (Å²) >= 11 is 0. The van der Waals surface area contributed by atoms with Crippen LogP contribution in [0.4, 0.5) is 0 Å². The fourth-order valence-electron chi connectivity index (χ4n) is 6.33. The summed E-state index contributed by atoms with van der Waals surface area (Å²) in [7, 11) is 0. The molecule has 0 saturated heterocycles. The summed E-state index contributed by atoms with van der Waals surface area (Å²) in [5, 5.41) is 4.67. The third-order valence-electron chi connectivity index (χ3n) is 8.42. The molecule has 5 nitrogen and oxygen atoms in total. The minimum absolute atomic E-state index is 0.582. The quantitative estimate of drug-likeness (QED) is 0.232. The van der Waals surface area contributed by atoms with Crippen molar-refractivity contribution in [2.24, 2.45) is 0 Å². The molecule has 44 heavy (non-hydrogen) atoms. The number of H-pyrrole nitrogens is 1. The number of rotatable bonds is 4. The summed E-state index contributed by atoms with van der Waals surface area (Å²) in [5.41, 5.74) is 8.46. The van der Waals surface area contributed by atoms with Crippen LogP contribution in [0.15, 0.2) is 146 Å². The standard InChI is InChI=1S/C39H25N5/c1-3-11-25(12-4-1)26-19-21-28(22-20-26)38-41-37(27-13-5-2-6-14-27)42-39(43-38)44-34-18-10-8-16-30(34)32-24-23-31-29-15-7-9-17-33(29)40-35(31)36(32)44/h1-24,40H. The van der Waals surface area contributed by atoms with Crippen LogP contribution in [0.25, 0.3) is 83.5 Å². The molecule has 9 aromatic rings. The van der Waals surface area contributed by atoms with E-state index in [1.165, 1.54) is 16.3 Å². The Morgan fingerprint density at radius 2 is 0.955 bits per heavy atom. The van der Waals surface area contributed by atoms with Gasteiger partial charge in [0.2, 0.25) is 5.95 Å². The SMILES string of the molecule is c1ccc(-c2ccc(-c3nc(-c4ccccc4)nc(-n4c5ccccc5c5ccc6c7ccccc7[nH]c6c54)n3)cc2)cc1. The zero-order valence-corrected chi connectivity index (χ0v) is 23.6. The normalized spacial score (nSPS) is 11.6. The highest BCUT2D eigenvalue weighted by Gasteiger charge is 2.20. The van der Waals surface area contributed by atoms with Crippen molar-refractivity contribution in [2.45, 2.75) is 0 Å². The van der Waals surface area contributed by atoms with Crippen LogP contribution in [0.3, 0.4) is 0 Å². The second-order valence-electron chi connectivity index (χ2n) is 11.0. The molecule has 6 aromatic carbocycles. The van der Waals surface area contributed by atoms with E-state index >= 15 is 0 Å². The van der Waals surface area contributed by atoms with Crippen LogP contribution in [-0.4, -0.2) is 24.5 Å². The second kappa shape index (κ2) is 9.75. The van der Waals surface area contributed by atoms with E-state index in [4.69, 9.17) is 15.0 Å². The van der Waals surface area contributed by atoms with E-state index in [9.17, 15) is 0 Å². The van der Waals surface area contributed by atoms with Crippen molar-refractivity contribution in [3.8, 4) is 39.9 Å². The van der Waals surface area contributed by atoms with E-state index in [2.05, 4.69) is 119 Å². The highest BCUT2D eigenvalue weighted by Crippen LogP contribution is 2.38. The average Bonchev–Trinajstić information content (AvgIpc) is 3.65. The fraction of sp³-hybridized carbons (Fsp3) is 0. The number of nitrogens with zero attached hydrogens (tertiary/aromatic N) is 4. The molecule has 0 unspecified atom stereocenters. The first-order chi connectivity index (χ1) is 21.8. The molecule has 0 aliphatic heterocycles. The third-order valence-corrected chi connectivity index (χ3v) is 8.42. The van der Waals surface area contributed by atoms with E-state index in [0.717, 1.165) is 49.5 Å². The molecule has 206 valence electrons. The summed E-state index contributed by atoms with van der Waals surface area (Å²) in [4.78, 5) is 19.0. The summed E-state index contributed by atoms with van der Waals surface area (Å²) in [6.07, 6.45) is 0. The van der Waals surface area contributed by atoms with Gasteiger partial charge < -0.3 is 4.98 Å². The lowest BCUT2D eigenvalue weighted by molar-refractivity contribution is 0.954. The minimum atomic E-state index is 0.582. The van der Waals surface area contributed by atoms with Gasteiger partial charge in [-0.2, -0.15) is 9.97 Å². The van der Waals surface area contributed by atoms with Crippen LogP contribution in [-0.2, 0) is 0 Å². The Balaban J connectivity index is 1.33. The molecule has 0 atom stereocenters. The van der Waals surface area contributed by atoms with Crippen molar-refractivity contribution in [1.82, 2.24) is 24.5 Å². The van der Waals surface area contributed by atoms with Gasteiger partial charge in [-0.25, -0.2) is 4.98 Å². The van der Waals surface area contributed by atoms with Crippen molar-refractivity contribution in [3.63, 3.8) is 0 Å². The lowest BCUT2D eigenvalue weighted by Crippen LogP contribution is -2.06. The number of hydrogen-bond acceptors (Lipinski definition) is 3. The van der Waals surface area contributed by atoms with Gasteiger partial charge in [-0.15, -0.1) is 0 Å². The molecule has 3 aromatic heterocycles.